The SMILES string of the molecule is Cc1cccc(CC(C)C)c1N/C(N=C(N(C)C)N(C)C)=N/c1c(CC(C)C)cccc1CC(C)C. The van der Waals surface area contributed by atoms with Crippen LogP contribution in [0.15, 0.2) is 46.4 Å². The largest absolute Gasteiger partial charge is 0.349 e. The molecular weight excluding hydrogens is 442 g/mol. The van der Waals surface area contributed by atoms with E-state index in [1.807, 2.05) is 38.0 Å². The summed E-state index contributed by atoms with van der Waals surface area (Å²) in [6.45, 7) is 15.7. The molecule has 0 aliphatic carbocycles. The number of aliphatic imine (C=N–C) groups is 2. The molecule has 0 unspecified atom stereocenters. The second-order valence-electron chi connectivity index (χ2n) is 11.6. The minimum Gasteiger partial charge on any atom is -0.349 e. The summed E-state index contributed by atoms with van der Waals surface area (Å²) in [5.74, 6) is 3.10. The Hall–Kier alpha value is -2.82. The Morgan fingerprint density at radius 3 is 1.64 bits per heavy atom. The Kier molecular flexibility index (Phi) is 11.0. The lowest BCUT2D eigenvalue weighted by atomic mass is 9.94. The Bertz CT molecular complexity index is 1010. The van der Waals surface area contributed by atoms with Gasteiger partial charge in [0, 0.05) is 33.9 Å². The van der Waals surface area contributed by atoms with E-state index >= 15 is 0 Å². The van der Waals surface area contributed by atoms with Crippen LogP contribution in [0.4, 0.5) is 11.4 Å². The molecule has 0 radical (unpaired) electrons. The standard InChI is InChI=1S/C31H49N5/c1-21(2)18-25-15-12-14-24(7)28(25)32-30(34-31(35(8)9)36(10)11)33-29-26(19-22(3)4)16-13-17-27(29)20-23(5)6/h12-17,21-23H,18-20H2,1-11H3,(H,32,33). The van der Waals surface area contributed by atoms with Gasteiger partial charge in [0.25, 0.3) is 0 Å². The Morgan fingerprint density at radius 2 is 1.17 bits per heavy atom. The molecular formula is C31H49N5. The van der Waals surface area contributed by atoms with E-state index in [9.17, 15) is 0 Å². The van der Waals surface area contributed by atoms with Crippen LogP contribution in [0.1, 0.15) is 63.8 Å². The van der Waals surface area contributed by atoms with Crippen molar-refractivity contribution in [3.05, 3.63) is 58.7 Å². The van der Waals surface area contributed by atoms with E-state index in [0.29, 0.717) is 23.7 Å². The lowest BCUT2D eigenvalue weighted by Crippen LogP contribution is -2.36. The third kappa shape index (κ3) is 8.69. The highest BCUT2D eigenvalue weighted by Gasteiger charge is 2.16. The maximum atomic E-state index is 5.29. The molecule has 1 N–H and O–H groups in total. The maximum absolute atomic E-state index is 5.29. The summed E-state index contributed by atoms with van der Waals surface area (Å²) in [5, 5.41) is 3.68. The zero-order chi connectivity index (χ0) is 27.0. The number of nitrogens with one attached hydrogen (secondary N) is 1. The molecule has 0 aliphatic rings. The van der Waals surface area contributed by atoms with Crippen LogP contribution in [0.3, 0.4) is 0 Å². The van der Waals surface area contributed by atoms with Crippen molar-refractivity contribution in [1.29, 1.82) is 0 Å². The predicted molar refractivity (Wildman–Crippen MR) is 159 cm³/mol. The summed E-state index contributed by atoms with van der Waals surface area (Å²) in [4.78, 5) is 14.4. The van der Waals surface area contributed by atoms with Crippen LogP contribution in [-0.2, 0) is 19.3 Å². The molecule has 0 bridgehead atoms. The van der Waals surface area contributed by atoms with Crippen LogP contribution in [0, 0.1) is 24.7 Å². The normalized spacial score (nSPS) is 11.9. The quantitative estimate of drug-likeness (QED) is 0.314. The highest BCUT2D eigenvalue weighted by Crippen LogP contribution is 2.30. The summed E-state index contributed by atoms with van der Waals surface area (Å²) in [6.07, 6.45) is 2.97. The minimum atomic E-state index is 0.543. The van der Waals surface area contributed by atoms with Gasteiger partial charge in [-0.15, -0.1) is 0 Å². The molecule has 0 heterocycles. The van der Waals surface area contributed by atoms with Gasteiger partial charge in [-0.25, -0.2) is 4.99 Å². The van der Waals surface area contributed by atoms with Crippen LogP contribution in [-0.4, -0.2) is 49.9 Å². The fourth-order valence-electron chi connectivity index (χ4n) is 4.51. The highest BCUT2D eigenvalue weighted by molar-refractivity contribution is 6.04. The minimum absolute atomic E-state index is 0.543. The van der Waals surface area contributed by atoms with Crippen molar-refractivity contribution < 1.29 is 0 Å². The van der Waals surface area contributed by atoms with Crippen molar-refractivity contribution in [2.24, 2.45) is 27.7 Å². The van der Waals surface area contributed by atoms with Crippen molar-refractivity contribution in [2.75, 3.05) is 33.5 Å². The van der Waals surface area contributed by atoms with Gasteiger partial charge in [-0.1, -0.05) is 77.9 Å². The van der Waals surface area contributed by atoms with Gasteiger partial charge in [0.05, 0.1) is 5.69 Å². The zero-order valence-electron chi connectivity index (χ0n) is 24.6. The molecule has 2 aromatic carbocycles. The van der Waals surface area contributed by atoms with Gasteiger partial charge in [0.2, 0.25) is 11.9 Å². The first kappa shape index (κ1) is 29.4. The smallest absolute Gasteiger partial charge is 0.231 e. The van der Waals surface area contributed by atoms with Gasteiger partial charge >= 0.3 is 0 Å². The topological polar surface area (TPSA) is 43.2 Å². The first-order valence-corrected chi connectivity index (χ1v) is 13.4. The van der Waals surface area contributed by atoms with Gasteiger partial charge in [-0.2, -0.15) is 4.99 Å². The molecule has 2 rings (SSSR count). The summed E-state index contributed by atoms with van der Waals surface area (Å²) in [7, 11) is 8.08. The summed E-state index contributed by atoms with van der Waals surface area (Å²) >= 11 is 0. The van der Waals surface area contributed by atoms with E-state index in [2.05, 4.69) is 90.2 Å². The summed E-state index contributed by atoms with van der Waals surface area (Å²) in [5.41, 5.74) is 7.22. The molecule has 0 aromatic heterocycles. The van der Waals surface area contributed by atoms with Gasteiger partial charge in [-0.3, -0.25) is 0 Å². The third-order valence-electron chi connectivity index (χ3n) is 5.91. The number of guanidine groups is 2. The molecule has 0 amide bonds. The summed E-state index contributed by atoms with van der Waals surface area (Å²) < 4.78 is 0. The number of aryl methyl sites for hydroxylation is 1. The molecule has 2 aromatic rings. The molecule has 0 spiro atoms. The number of hydrogen-bond acceptors (Lipinski definition) is 1. The van der Waals surface area contributed by atoms with Gasteiger partial charge < -0.3 is 15.1 Å². The van der Waals surface area contributed by atoms with Gasteiger partial charge in [0.15, 0.2) is 0 Å². The third-order valence-corrected chi connectivity index (χ3v) is 5.91. The number of nitrogens with zero attached hydrogens (tertiary/aromatic N) is 4. The van der Waals surface area contributed by atoms with Crippen molar-refractivity contribution in [3.8, 4) is 0 Å². The van der Waals surface area contributed by atoms with Crippen LogP contribution in [0.25, 0.3) is 0 Å². The van der Waals surface area contributed by atoms with Crippen molar-refractivity contribution in [2.45, 2.75) is 67.7 Å². The van der Waals surface area contributed by atoms with Crippen molar-refractivity contribution in [3.63, 3.8) is 0 Å². The van der Waals surface area contributed by atoms with Crippen molar-refractivity contribution in [1.82, 2.24) is 9.80 Å². The van der Waals surface area contributed by atoms with Crippen LogP contribution in [0.2, 0.25) is 0 Å². The number of hydrogen-bond donors (Lipinski definition) is 1. The zero-order valence-corrected chi connectivity index (χ0v) is 24.6. The second kappa shape index (κ2) is 13.5. The second-order valence-corrected chi connectivity index (χ2v) is 11.6. The molecule has 5 nitrogen and oxygen atoms in total. The van der Waals surface area contributed by atoms with E-state index < -0.39 is 0 Å². The Morgan fingerprint density at radius 1 is 0.722 bits per heavy atom. The molecule has 0 atom stereocenters. The van der Waals surface area contributed by atoms with Gasteiger partial charge in [-0.05, 0) is 66.2 Å². The number of para-hydroxylation sites is 2. The lowest BCUT2D eigenvalue weighted by molar-refractivity contribution is 0.485. The van der Waals surface area contributed by atoms with E-state index in [0.717, 1.165) is 36.6 Å². The van der Waals surface area contributed by atoms with Gasteiger partial charge in [0.1, 0.15) is 0 Å². The molecule has 0 aliphatic heterocycles. The van der Waals surface area contributed by atoms with E-state index in [1.54, 1.807) is 0 Å². The molecule has 36 heavy (non-hydrogen) atoms. The van der Waals surface area contributed by atoms with Crippen LogP contribution >= 0.6 is 0 Å². The number of rotatable bonds is 8. The average molecular weight is 492 g/mol. The maximum Gasteiger partial charge on any atom is 0.231 e. The molecule has 0 saturated heterocycles. The monoisotopic (exact) mass is 491 g/mol. The van der Waals surface area contributed by atoms with E-state index in [-0.39, 0.29) is 0 Å². The average Bonchev–Trinajstić information content (AvgIpc) is 2.74. The molecule has 0 saturated carbocycles. The van der Waals surface area contributed by atoms with Crippen LogP contribution in [0.5, 0.6) is 0 Å². The molecule has 198 valence electrons. The van der Waals surface area contributed by atoms with Crippen molar-refractivity contribution >= 4 is 23.3 Å². The first-order chi connectivity index (χ1) is 16.9. The Balaban J connectivity index is 2.78. The fourth-order valence-corrected chi connectivity index (χ4v) is 4.51. The molecule has 0 fully saturated rings. The summed E-state index contributed by atoms with van der Waals surface area (Å²) in [6, 6.07) is 13.1. The number of anilines is 1. The molecule has 5 heteroatoms. The van der Waals surface area contributed by atoms with Crippen LogP contribution < -0.4 is 5.32 Å². The number of benzene rings is 2. The first-order valence-electron chi connectivity index (χ1n) is 13.4. The predicted octanol–water partition coefficient (Wildman–Crippen LogP) is 7.17. The Labute approximate surface area is 220 Å². The lowest BCUT2D eigenvalue weighted by Gasteiger charge is -2.24. The highest BCUT2D eigenvalue weighted by atomic mass is 15.4. The van der Waals surface area contributed by atoms with E-state index in [4.69, 9.17) is 9.98 Å². The fraction of sp³-hybridized carbons (Fsp3) is 0.548. The van der Waals surface area contributed by atoms with E-state index in [1.165, 1.54) is 22.3 Å².